The van der Waals surface area contributed by atoms with E-state index in [1.807, 2.05) is 23.6 Å². The molecule has 3 rings (SSSR count). The molecule has 0 saturated heterocycles. The molecule has 0 aliphatic heterocycles. The summed E-state index contributed by atoms with van der Waals surface area (Å²) in [5.74, 6) is 0.483. The fourth-order valence-corrected chi connectivity index (χ4v) is 3.32. The Morgan fingerprint density at radius 1 is 1.30 bits per heavy atom. The second-order valence-corrected chi connectivity index (χ2v) is 6.30. The lowest BCUT2D eigenvalue weighted by Crippen LogP contribution is -2.11. The number of hydrogen-bond acceptors (Lipinski definition) is 3. The first-order chi connectivity index (χ1) is 9.58. The summed E-state index contributed by atoms with van der Waals surface area (Å²) in [7, 11) is 0. The van der Waals surface area contributed by atoms with Gasteiger partial charge in [-0.2, -0.15) is 0 Å². The average Bonchev–Trinajstić information content (AvgIpc) is 2.83. The summed E-state index contributed by atoms with van der Waals surface area (Å²) < 4.78 is 0. The Balaban J connectivity index is 2.30. The van der Waals surface area contributed by atoms with Crippen molar-refractivity contribution in [2.75, 3.05) is 0 Å². The number of rotatable bonds is 2. The SMILES string of the molecule is CC(Cl)c1nc2scc(-c3ccccc3Cl)c2c(=O)[nH]1. The molecule has 20 heavy (non-hydrogen) atoms. The van der Waals surface area contributed by atoms with E-state index < -0.39 is 0 Å². The minimum absolute atomic E-state index is 0.186. The lowest BCUT2D eigenvalue weighted by molar-refractivity contribution is 0.917. The van der Waals surface area contributed by atoms with E-state index in [1.165, 1.54) is 11.3 Å². The molecule has 1 unspecified atom stereocenters. The monoisotopic (exact) mass is 324 g/mol. The summed E-state index contributed by atoms with van der Waals surface area (Å²) >= 11 is 13.6. The Kier molecular flexibility index (Phi) is 3.54. The zero-order valence-electron chi connectivity index (χ0n) is 10.5. The van der Waals surface area contributed by atoms with Gasteiger partial charge in [-0.05, 0) is 13.0 Å². The van der Waals surface area contributed by atoms with E-state index in [1.54, 1.807) is 13.0 Å². The molecule has 2 heterocycles. The quantitative estimate of drug-likeness (QED) is 0.700. The van der Waals surface area contributed by atoms with Gasteiger partial charge >= 0.3 is 0 Å². The van der Waals surface area contributed by atoms with E-state index in [9.17, 15) is 4.79 Å². The number of alkyl halides is 1. The maximum Gasteiger partial charge on any atom is 0.260 e. The van der Waals surface area contributed by atoms with Crippen molar-refractivity contribution in [2.45, 2.75) is 12.3 Å². The van der Waals surface area contributed by atoms with Crippen LogP contribution in [0.1, 0.15) is 18.1 Å². The molecule has 0 radical (unpaired) electrons. The van der Waals surface area contributed by atoms with Gasteiger partial charge in [0, 0.05) is 21.5 Å². The third-order valence-electron chi connectivity index (χ3n) is 3.00. The number of nitrogens with one attached hydrogen (secondary N) is 1. The molecule has 3 aromatic rings. The Labute approximate surface area is 129 Å². The third kappa shape index (κ3) is 2.24. The highest BCUT2D eigenvalue weighted by Crippen LogP contribution is 2.35. The molecule has 0 amide bonds. The molecule has 0 fully saturated rings. The number of nitrogens with zero attached hydrogens (tertiary/aromatic N) is 1. The molecule has 3 nitrogen and oxygen atoms in total. The molecule has 6 heteroatoms. The predicted molar refractivity (Wildman–Crippen MR) is 85.0 cm³/mol. The van der Waals surface area contributed by atoms with E-state index in [4.69, 9.17) is 23.2 Å². The number of benzene rings is 1. The topological polar surface area (TPSA) is 45.8 Å². The van der Waals surface area contributed by atoms with Gasteiger partial charge in [-0.1, -0.05) is 29.8 Å². The molecule has 1 aromatic carbocycles. The minimum Gasteiger partial charge on any atom is -0.309 e. The number of aromatic nitrogens is 2. The summed E-state index contributed by atoms with van der Waals surface area (Å²) in [6.45, 7) is 1.77. The van der Waals surface area contributed by atoms with Crippen LogP contribution in [0.5, 0.6) is 0 Å². The fourth-order valence-electron chi connectivity index (χ4n) is 2.03. The summed E-state index contributed by atoms with van der Waals surface area (Å²) in [5.41, 5.74) is 1.45. The average molecular weight is 325 g/mol. The number of fused-ring (bicyclic) bond motifs is 1. The van der Waals surface area contributed by atoms with Crippen LogP contribution in [0.3, 0.4) is 0 Å². The molecule has 1 N–H and O–H groups in total. The van der Waals surface area contributed by atoms with Gasteiger partial charge in [-0.15, -0.1) is 22.9 Å². The summed E-state index contributed by atoms with van der Waals surface area (Å²) in [6.07, 6.45) is 0. The highest BCUT2D eigenvalue weighted by molar-refractivity contribution is 7.17. The molecule has 0 spiro atoms. The summed E-state index contributed by atoms with van der Waals surface area (Å²) in [6, 6.07) is 7.44. The van der Waals surface area contributed by atoms with Crippen molar-refractivity contribution in [1.29, 1.82) is 0 Å². The van der Waals surface area contributed by atoms with Crippen LogP contribution < -0.4 is 5.56 Å². The lowest BCUT2D eigenvalue weighted by Gasteiger charge is -2.04. The van der Waals surface area contributed by atoms with Crippen molar-refractivity contribution in [1.82, 2.24) is 9.97 Å². The van der Waals surface area contributed by atoms with Crippen molar-refractivity contribution in [2.24, 2.45) is 0 Å². The highest BCUT2D eigenvalue weighted by Gasteiger charge is 2.15. The zero-order chi connectivity index (χ0) is 14.3. The Morgan fingerprint density at radius 3 is 2.75 bits per heavy atom. The Bertz CT molecular complexity index is 839. The number of aromatic amines is 1. The maximum atomic E-state index is 12.3. The standard InChI is InChI=1S/C14H10Cl2N2OS/c1-7(15)12-17-13(19)11-9(6-20-14(11)18-12)8-4-2-3-5-10(8)16/h2-7H,1H3,(H,17,18,19). The van der Waals surface area contributed by atoms with Gasteiger partial charge in [0.1, 0.15) is 10.7 Å². The van der Waals surface area contributed by atoms with Crippen molar-refractivity contribution < 1.29 is 0 Å². The van der Waals surface area contributed by atoms with Gasteiger partial charge in [0.15, 0.2) is 0 Å². The molecule has 0 aliphatic rings. The van der Waals surface area contributed by atoms with E-state index in [0.717, 1.165) is 11.1 Å². The first-order valence-corrected chi connectivity index (χ1v) is 7.67. The van der Waals surface area contributed by atoms with Crippen LogP contribution in [0.2, 0.25) is 5.02 Å². The van der Waals surface area contributed by atoms with E-state index in [-0.39, 0.29) is 10.9 Å². The van der Waals surface area contributed by atoms with Gasteiger partial charge in [-0.25, -0.2) is 4.98 Å². The maximum absolute atomic E-state index is 12.3. The summed E-state index contributed by atoms with van der Waals surface area (Å²) in [5, 5.41) is 2.74. The molecule has 0 bridgehead atoms. The Morgan fingerprint density at radius 2 is 2.05 bits per heavy atom. The van der Waals surface area contributed by atoms with Crippen LogP contribution in [0.25, 0.3) is 21.3 Å². The molecule has 0 saturated carbocycles. The number of halogens is 2. The van der Waals surface area contributed by atoms with Crippen LogP contribution in [-0.4, -0.2) is 9.97 Å². The van der Waals surface area contributed by atoms with Gasteiger partial charge in [-0.3, -0.25) is 4.79 Å². The number of thiophene rings is 1. The molecule has 1 atom stereocenters. The van der Waals surface area contributed by atoms with Crippen molar-refractivity contribution in [3.8, 4) is 11.1 Å². The normalized spacial score (nSPS) is 12.8. The van der Waals surface area contributed by atoms with Crippen LogP contribution in [0.15, 0.2) is 34.4 Å². The zero-order valence-corrected chi connectivity index (χ0v) is 12.8. The molecule has 102 valence electrons. The summed E-state index contributed by atoms with van der Waals surface area (Å²) in [4.78, 5) is 20.1. The smallest absolute Gasteiger partial charge is 0.260 e. The largest absolute Gasteiger partial charge is 0.309 e. The molecule has 0 aliphatic carbocycles. The van der Waals surface area contributed by atoms with Crippen molar-refractivity contribution >= 4 is 44.8 Å². The predicted octanol–water partition coefficient (Wildman–Crippen LogP) is 4.60. The first kappa shape index (κ1) is 13.6. The second kappa shape index (κ2) is 5.20. The second-order valence-electron chi connectivity index (χ2n) is 4.38. The van der Waals surface area contributed by atoms with E-state index >= 15 is 0 Å². The van der Waals surface area contributed by atoms with E-state index in [2.05, 4.69) is 9.97 Å². The molecular formula is C14H10Cl2N2OS. The third-order valence-corrected chi connectivity index (χ3v) is 4.41. The molecule has 2 aromatic heterocycles. The minimum atomic E-state index is -0.335. The molecular weight excluding hydrogens is 315 g/mol. The van der Waals surface area contributed by atoms with Crippen LogP contribution in [-0.2, 0) is 0 Å². The Hall–Kier alpha value is -1.36. The van der Waals surface area contributed by atoms with Crippen molar-refractivity contribution in [3.05, 3.63) is 50.8 Å². The highest BCUT2D eigenvalue weighted by atomic mass is 35.5. The van der Waals surface area contributed by atoms with Crippen LogP contribution in [0, 0.1) is 0 Å². The van der Waals surface area contributed by atoms with Crippen molar-refractivity contribution in [3.63, 3.8) is 0 Å². The van der Waals surface area contributed by atoms with Gasteiger partial charge < -0.3 is 4.98 Å². The van der Waals surface area contributed by atoms with Gasteiger partial charge in [0.25, 0.3) is 5.56 Å². The van der Waals surface area contributed by atoms with Crippen LogP contribution >= 0.6 is 34.5 Å². The van der Waals surface area contributed by atoms with Crippen LogP contribution in [0.4, 0.5) is 0 Å². The lowest BCUT2D eigenvalue weighted by atomic mass is 10.1. The first-order valence-electron chi connectivity index (χ1n) is 5.98. The number of hydrogen-bond donors (Lipinski definition) is 1. The van der Waals surface area contributed by atoms with Gasteiger partial charge in [0.2, 0.25) is 0 Å². The van der Waals surface area contributed by atoms with Gasteiger partial charge in [0.05, 0.1) is 10.8 Å². The number of H-pyrrole nitrogens is 1. The van der Waals surface area contributed by atoms with E-state index in [0.29, 0.717) is 21.1 Å². The fraction of sp³-hybridized carbons (Fsp3) is 0.143.